The molecule has 98 valence electrons. The summed E-state index contributed by atoms with van der Waals surface area (Å²) in [4.78, 5) is 11.8. The van der Waals surface area contributed by atoms with Crippen LogP contribution in [0.25, 0.3) is 0 Å². The summed E-state index contributed by atoms with van der Waals surface area (Å²) in [6.07, 6.45) is 0. The van der Waals surface area contributed by atoms with Gasteiger partial charge in [-0.2, -0.15) is 0 Å². The summed E-state index contributed by atoms with van der Waals surface area (Å²) in [6, 6.07) is 9.62. The largest absolute Gasteiger partial charge is 0.492 e. The van der Waals surface area contributed by atoms with Crippen LogP contribution in [0, 0.1) is 11.8 Å². The minimum absolute atomic E-state index is 0.0861. The van der Waals surface area contributed by atoms with Crippen molar-refractivity contribution in [3.8, 4) is 5.75 Å². The van der Waals surface area contributed by atoms with Crippen LogP contribution in [-0.2, 0) is 4.79 Å². The maximum absolute atomic E-state index is 11.8. The summed E-state index contributed by atoms with van der Waals surface area (Å²) in [5.41, 5.74) is 0. The SMILES string of the molecule is CC(C(=O)NCCOc1ccccc1)C1CNC1. The van der Waals surface area contributed by atoms with E-state index >= 15 is 0 Å². The van der Waals surface area contributed by atoms with Crippen molar-refractivity contribution in [2.75, 3.05) is 26.2 Å². The highest BCUT2D eigenvalue weighted by Gasteiger charge is 2.28. The van der Waals surface area contributed by atoms with Crippen LogP contribution >= 0.6 is 0 Å². The van der Waals surface area contributed by atoms with Crippen molar-refractivity contribution < 1.29 is 9.53 Å². The Bertz CT molecular complexity index is 377. The molecule has 1 heterocycles. The van der Waals surface area contributed by atoms with Gasteiger partial charge in [-0.3, -0.25) is 4.79 Å². The summed E-state index contributed by atoms with van der Waals surface area (Å²) in [7, 11) is 0. The van der Waals surface area contributed by atoms with E-state index in [0.717, 1.165) is 18.8 Å². The van der Waals surface area contributed by atoms with Gasteiger partial charge in [0.05, 0.1) is 6.54 Å². The van der Waals surface area contributed by atoms with Crippen LogP contribution in [0.2, 0.25) is 0 Å². The molecule has 0 saturated carbocycles. The Hall–Kier alpha value is -1.55. The lowest BCUT2D eigenvalue weighted by Gasteiger charge is -2.31. The molecule has 1 aromatic rings. The monoisotopic (exact) mass is 248 g/mol. The molecule has 2 rings (SSSR count). The molecule has 18 heavy (non-hydrogen) atoms. The molecule has 1 amide bonds. The Morgan fingerprint density at radius 1 is 1.44 bits per heavy atom. The maximum atomic E-state index is 11.8. The van der Waals surface area contributed by atoms with Crippen LogP contribution < -0.4 is 15.4 Å². The number of nitrogens with one attached hydrogen (secondary N) is 2. The van der Waals surface area contributed by atoms with E-state index in [0.29, 0.717) is 19.1 Å². The highest BCUT2D eigenvalue weighted by Crippen LogP contribution is 2.15. The first-order chi connectivity index (χ1) is 8.77. The summed E-state index contributed by atoms with van der Waals surface area (Å²) in [5.74, 6) is 1.53. The number of hydrogen-bond acceptors (Lipinski definition) is 3. The van der Waals surface area contributed by atoms with Crippen molar-refractivity contribution >= 4 is 5.91 Å². The molecule has 1 aliphatic heterocycles. The normalized spacial score (nSPS) is 16.7. The van der Waals surface area contributed by atoms with Gasteiger partial charge in [0.2, 0.25) is 5.91 Å². The van der Waals surface area contributed by atoms with Gasteiger partial charge < -0.3 is 15.4 Å². The standard InChI is InChI=1S/C14H20N2O2/c1-11(12-9-15-10-12)14(17)16-7-8-18-13-5-3-2-4-6-13/h2-6,11-12,15H,7-10H2,1H3,(H,16,17). The number of carbonyl (C=O) groups is 1. The first kappa shape index (κ1) is 12.9. The zero-order valence-electron chi connectivity index (χ0n) is 10.7. The summed E-state index contributed by atoms with van der Waals surface area (Å²) < 4.78 is 5.51. The van der Waals surface area contributed by atoms with Crippen LogP contribution in [0.4, 0.5) is 0 Å². The lowest BCUT2D eigenvalue weighted by atomic mass is 9.88. The van der Waals surface area contributed by atoms with Crippen LogP contribution in [-0.4, -0.2) is 32.1 Å². The van der Waals surface area contributed by atoms with Crippen molar-refractivity contribution in [2.24, 2.45) is 11.8 Å². The molecular weight excluding hydrogens is 228 g/mol. The van der Waals surface area contributed by atoms with Crippen molar-refractivity contribution in [3.05, 3.63) is 30.3 Å². The number of carbonyl (C=O) groups excluding carboxylic acids is 1. The van der Waals surface area contributed by atoms with Crippen molar-refractivity contribution in [2.45, 2.75) is 6.92 Å². The van der Waals surface area contributed by atoms with Gasteiger partial charge >= 0.3 is 0 Å². The Kier molecular flexibility index (Phi) is 4.59. The predicted molar refractivity (Wildman–Crippen MR) is 70.5 cm³/mol. The maximum Gasteiger partial charge on any atom is 0.223 e. The molecule has 1 aromatic carbocycles. The zero-order valence-corrected chi connectivity index (χ0v) is 10.7. The van der Waals surface area contributed by atoms with Gasteiger partial charge in [0, 0.05) is 5.92 Å². The second-order valence-electron chi connectivity index (χ2n) is 4.66. The molecule has 1 aliphatic rings. The molecule has 1 atom stereocenters. The molecule has 0 spiro atoms. The quantitative estimate of drug-likeness (QED) is 0.740. The number of hydrogen-bond donors (Lipinski definition) is 2. The zero-order chi connectivity index (χ0) is 12.8. The third-order valence-corrected chi connectivity index (χ3v) is 3.35. The van der Waals surface area contributed by atoms with E-state index in [2.05, 4.69) is 10.6 Å². The predicted octanol–water partition coefficient (Wildman–Crippen LogP) is 1.04. The Labute approximate surface area is 108 Å². The minimum atomic E-state index is 0.0861. The van der Waals surface area contributed by atoms with Gasteiger partial charge in [0.15, 0.2) is 0 Å². The van der Waals surface area contributed by atoms with E-state index in [1.165, 1.54) is 0 Å². The number of amides is 1. The average Bonchev–Trinajstić information content (AvgIpc) is 2.33. The molecule has 2 N–H and O–H groups in total. The molecule has 1 unspecified atom stereocenters. The van der Waals surface area contributed by atoms with E-state index in [4.69, 9.17) is 4.74 Å². The van der Waals surface area contributed by atoms with E-state index in [-0.39, 0.29) is 11.8 Å². The fraction of sp³-hybridized carbons (Fsp3) is 0.500. The van der Waals surface area contributed by atoms with E-state index in [1.54, 1.807) is 0 Å². The van der Waals surface area contributed by atoms with Gasteiger partial charge in [-0.05, 0) is 31.1 Å². The van der Waals surface area contributed by atoms with Gasteiger partial charge in [-0.15, -0.1) is 0 Å². The van der Waals surface area contributed by atoms with Gasteiger partial charge in [0.25, 0.3) is 0 Å². The van der Waals surface area contributed by atoms with Crippen LogP contribution in [0.15, 0.2) is 30.3 Å². The van der Waals surface area contributed by atoms with Gasteiger partial charge in [-0.25, -0.2) is 0 Å². The number of ether oxygens (including phenoxy) is 1. The molecule has 4 heteroatoms. The number of rotatable bonds is 6. The Balaban J connectivity index is 1.61. The van der Waals surface area contributed by atoms with Crippen LogP contribution in [0.1, 0.15) is 6.92 Å². The van der Waals surface area contributed by atoms with Crippen molar-refractivity contribution in [1.29, 1.82) is 0 Å². The van der Waals surface area contributed by atoms with Crippen molar-refractivity contribution in [1.82, 2.24) is 10.6 Å². The summed E-state index contributed by atoms with van der Waals surface area (Å²) >= 11 is 0. The van der Waals surface area contributed by atoms with Crippen LogP contribution in [0.3, 0.4) is 0 Å². The molecule has 0 radical (unpaired) electrons. The van der Waals surface area contributed by atoms with Gasteiger partial charge in [0.1, 0.15) is 12.4 Å². The van der Waals surface area contributed by atoms with Crippen molar-refractivity contribution in [3.63, 3.8) is 0 Å². The molecule has 0 aliphatic carbocycles. The van der Waals surface area contributed by atoms with E-state index < -0.39 is 0 Å². The lowest BCUT2D eigenvalue weighted by Crippen LogP contribution is -2.49. The fourth-order valence-electron chi connectivity index (χ4n) is 1.90. The summed E-state index contributed by atoms with van der Waals surface area (Å²) in [6.45, 7) is 4.95. The fourth-order valence-corrected chi connectivity index (χ4v) is 1.90. The molecule has 1 fully saturated rings. The first-order valence-electron chi connectivity index (χ1n) is 6.43. The third-order valence-electron chi connectivity index (χ3n) is 3.35. The lowest BCUT2D eigenvalue weighted by molar-refractivity contribution is -0.126. The second kappa shape index (κ2) is 6.40. The second-order valence-corrected chi connectivity index (χ2v) is 4.66. The Morgan fingerprint density at radius 3 is 2.78 bits per heavy atom. The number of para-hydroxylation sites is 1. The first-order valence-corrected chi connectivity index (χ1v) is 6.43. The molecule has 4 nitrogen and oxygen atoms in total. The van der Waals surface area contributed by atoms with E-state index in [1.807, 2.05) is 37.3 Å². The average molecular weight is 248 g/mol. The van der Waals surface area contributed by atoms with Gasteiger partial charge in [-0.1, -0.05) is 25.1 Å². The third kappa shape index (κ3) is 3.47. The van der Waals surface area contributed by atoms with E-state index in [9.17, 15) is 4.79 Å². The highest BCUT2D eigenvalue weighted by molar-refractivity contribution is 5.78. The Morgan fingerprint density at radius 2 is 2.17 bits per heavy atom. The molecular formula is C14H20N2O2. The molecule has 1 saturated heterocycles. The smallest absolute Gasteiger partial charge is 0.223 e. The van der Waals surface area contributed by atoms with Crippen LogP contribution in [0.5, 0.6) is 5.75 Å². The topological polar surface area (TPSA) is 50.4 Å². The minimum Gasteiger partial charge on any atom is -0.492 e. The summed E-state index contributed by atoms with van der Waals surface area (Å²) in [5, 5.41) is 6.09. The molecule has 0 aromatic heterocycles. The number of benzene rings is 1. The highest BCUT2D eigenvalue weighted by atomic mass is 16.5. The molecule has 0 bridgehead atoms.